The fraction of sp³-hybridized carbons (Fsp3) is 0.450. The van der Waals surface area contributed by atoms with Gasteiger partial charge >= 0.3 is 7.82 Å². The van der Waals surface area contributed by atoms with Gasteiger partial charge in [-0.05, 0) is 12.1 Å². The zero-order valence-electron chi connectivity index (χ0n) is 18.9. The van der Waals surface area contributed by atoms with E-state index < -0.39 is 50.8 Å². The zero-order chi connectivity index (χ0) is 25.6. The molecule has 2 saturated heterocycles. The maximum absolute atomic E-state index is 12.2. The summed E-state index contributed by atoms with van der Waals surface area (Å²) in [6.07, 6.45) is -2.70. The second kappa shape index (κ2) is 9.72. The van der Waals surface area contributed by atoms with Gasteiger partial charge in [0, 0.05) is 30.7 Å². The molecule has 1 unspecified atom stereocenters. The number of halogens is 1. The summed E-state index contributed by atoms with van der Waals surface area (Å²) in [6, 6.07) is 7.54. The minimum absolute atomic E-state index is 0.0476. The van der Waals surface area contributed by atoms with Crippen LogP contribution >= 0.6 is 19.4 Å². The second-order valence-corrected chi connectivity index (χ2v) is 9.98. The number of imidazole rings is 1. The third-order valence-corrected chi connectivity index (χ3v) is 6.66. The fourth-order valence-electron chi connectivity index (χ4n) is 4.29. The van der Waals surface area contributed by atoms with E-state index in [2.05, 4.69) is 15.0 Å². The maximum atomic E-state index is 12.2. The zero-order valence-corrected chi connectivity index (χ0v) is 20.6. The molecule has 2 aromatic heterocycles. The molecular formula is C20H24ClN6O8P. The predicted octanol–water partition coefficient (Wildman–Crippen LogP) is 0.866. The Bertz CT molecular complexity index is 1350. The van der Waals surface area contributed by atoms with E-state index >= 15 is 0 Å². The van der Waals surface area contributed by atoms with Crippen LogP contribution in [0, 0.1) is 0 Å². The Balaban J connectivity index is 1.44. The number of ether oxygens (including phenoxy) is 3. The SMILES string of the molecule is CN(CCCl)c1ccc(C2O[C@@H]3[C@H](O2)[C@@H](COP(=O)(O)O)O[C@H]3n2cnc3c(=O)[nH]c(N)nc32)cc1. The van der Waals surface area contributed by atoms with Crippen molar-refractivity contribution in [1.29, 1.82) is 0 Å². The molecule has 0 aliphatic carbocycles. The Morgan fingerprint density at radius 1 is 1.25 bits per heavy atom. The van der Waals surface area contributed by atoms with Crippen LogP contribution in [0.3, 0.4) is 0 Å². The molecule has 5 rings (SSSR count). The first-order chi connectivity index (χ1) is 17.1. The molecule has 36 heavy (non-hydrogen) atoms. The molecule has 0 radical (unpaired) electrons. The molecule has 14 nitrogen and oxygen atoms in total. The van der Waals surface area contributed by atoms with Gasteiger partial charge < -0.3 is 34.6 Å². The second-order valence-electron chi connectivity index (χ2n) is 8.36. The van der Waals surface area contributed by atoms with E-state index in [1.165, 1.54) is 10.9 Å². The van der Waals surface area contributed by atoms with Gasteiger partial charge in [-0.1, -0.05) is 12.1 Å². The maximum Gasteiger partial charge on any atom is 0.469 e. The van der Waals surface area contributed by atoms with Gasteiger partial charge in [0.2, 0.25) is 5.95 Å². The van der Waals surface area contributed by atoms with Gasteiger partial charge in [-0.15, -0.1) is 11.6 Å². The number of phosphoric acid groups is 1. The van der Waals surface area contributed by atoms with Gasteiger partial charge in [0.05, 0.1) is 12.9 Å². The van der Waals surface area contributed by atoms with E-state index in [0.29, 0.717) is 12.4 Å². The number of nitrogens with two attached hydrogens (primary N) is 1. The summed E-state index contributed by atoms with van der Waals surface area (Å²) in [5.74, 6) is 0.386. The molecule has 5 atom stereocenters. The highest BCUT2D eigenvalue weighted by molar-refractivity contribution is 7.46. The van der Waals surface area contributed by atoms with Crippen molar-refractivity contribution < 1.29 is 33.1 Å². The van der Waals surface area contributed by atoms with E-state index in [1.807, 2.05) is 36.2 Å². The van der Waals surface area contributed by atoms with E-state index in [9.17, 15) is 19.1 Å². The van der Waals surface area contributed by atoms with Crippen molar-refractivity contribution in [2.24, 2.45) is 0 Å². The normalized spacial score (nSPS) is 25.9. The summed E-state index contributed by atoms with van der Waals surface area (Å²) in [5, 5.41) is 0. The minimum atomic E-state index is -4.76. The van der Waals surface area contributed by atoms with Gasteiger partial charge in [0.1, 0.15) is 18.3 Å². The van der Waals surface area contributed by atoms with Crippen LogP contribution in [-0.2, 0) is 23.3 Å². The van der Waals surface area contributed by atoms with Crippen LogP contribution in [0.1, 0.15) is 18.1 Å². The average Bonchev–Trinajstić information content (AvgIpc) is 3.51. The van der Waals surface area contributed by atoms with Crippen molar-refractivity contribution in [1.82, 2.24) is 19.5 Å². The average molecular weight is 543 g/mol. The number of benzene rings is 1. The van der Waals surface area contributed by atoms with Crippen LogP contribution in [0.4, 0.5) is 11.6 Å². The van der Waals surface area contributed by atoms with Crippen molar-refractivity contribution >= 4 is 42.2 Å². The van der Waals surface area contributed by atoms with Crippen molar-refractivity contribution in [3.05, 3.63) is 46.5 Å². The number of nitrogens with zero attached hydrogens (tertiary/aromatic N) is 4. The first-order valence-electron chi connectivity index (χ1n) is 10.9. The lowest BCUT2D eigenvalue weighted by molar-refractivity contribution is -0.152. The van der Waals surface area contributed by atoms with Crippen LogP contribution in [0.15, 0.2) is 35.4 Å². The molecule has 2 fully saturated rings. The number of alkyl halides is 1. The lowest BCUT2D eigenvalue weighted by Crippen LogP contribution is -2.31. The first-order valence-corrected chi connectivity index (χ1v) is 13.0. The summed E-state index contributed by atoms with van der Waals surface area (Å²) in [6.45, 7) is 0.227. The van der Waals surface area contributed by atoms with Gasteiger partial charge in [-0.3, -0.25) is 18.9 Å². The Kier molecular flexibility index (Phi) is 6.78. The fourth-order valence-corrected chi connectivity index (χ4v) is 4.89. The molecule has 0 bridgehead atoms. The number of anilines is 2. The number of rotatable bonds is 8. The summed E-state index contributed by atoms with van der Waals surface area (Å²) in [5.41, 5.74) is 7.09. The molecule has 16 heteroatoms. The Labute approximate surface area is 209 Å². The molecule has 0 saturated carbocycles. The quantitative estimate of drug-likeness (QED) is 0.232. The van der Waals surface area contributed by atoms with Crippen LogP contribution in [0.5, 0.6) is 0 Å². The van der Waals surface area contributed by atoms with E-state index in [-0.39, 0.29) is 17.1 Å². The topological polar surface area (TPSA) is 187 Å². The summed E-state index contributed by atoms with van der Waals surface area (Å²) in [4.78, 5) is 43.2. The molecule has 1 aromatic carbocycles. The number of fused-ring (bicyclic) bond motifs is 2. The highest BCUT2D eigenvalue weighted by Crippen LogP contribution is 2.46. The van der Waals surface area contributed by atoms with Gasteiger partial charge in [-0.25, -0.2) is 9.55 Å². The van der Waals surface area contributed by atoms with E-state index in [0.717, 1.165) is 11.3 Å². The van der Waals surface area contributed by atoms with Crippen molar-refractivity contribution in [3.8, 4) is 0 Å². The molecule has 3 aromatic rings. The number of phosphoric ester groups is 1. The lowest BCUT2D eigenvalue weighted by atomic mass is 10.1. The number of aromatic nitrogens is 4. The monoisotopic (exact) mass is 542 g/mol. The first kappa shape index (κ1) is 25.1. The number of H-pyrrole nitrogens is 1. The number of nitrogen functional groups attached to an aromatic ring is 1. The summed E-state index contributed by atoms with van der Waals surface area (Å²) >= 11 is 5.82. The molecule has 194 valence electrons. The smallest absolute Gasteiger partial charge is 0.373 e. The van der Waals surface area contributed by atoms with Crippen LogP contribution in [0.2, 0.25) is 0 Å². The van der Waals surface area contributed by atoms with Crippen LogP contribution < -0.4 is 16.2 Å². The molecule has 5 N–H and O–H groups in total. The Hall–Kier alpha value is -2.55. The Morgan fingerprint density at radius 3 is 2.67 bits per heavy atom. The molecule has 0 amide bonds. The highest BCUT2D eigenvalue weighted by Gasteiger charge is 2.54. The third-order valence-electron chi connectivity index (χ3n) is 6.00. The van der Waals surface area contributed by atoms with Crippen LogP contribution in [0.25, 0.3) is 11.2 Å². The number of hydrogen-bond acceptors (Lipinski definition) is 10. The van der Waals surface area contributed by atoms with E-state index in [1.54, 1.807) is 0 Å². The number of nitrogens with one attached hydrogen (secondary N) is 1. The van der Waals surface area contributed by atoms with Gasteiger partial charge in [-0.2, -0.15) is 4.98 Å². The molecule has 0 spiro atoms. The predicted molar refractivity (Wildman–Crippen MR) is 127 cm³/mol. The number of aromatic amines is 1. The van der Waals surface area contributed by atoms with Crippen molar-refractivity contribution in [3.63, 3.8) is 0 Å². The molecular weight excluding hydrogens is 519 g/mol. The van der Waals surface area contributed by atoms with Gasteiger partial charge in [0.15, 0.2) is 23.7 Å². The minimum Gasteiger partial charge on any atom is -0.373 e. The Morgan fingerprint density at radius 2 is 1.97 bits per heavy atom. The van der Waals surface area contributed by atoms with Crippen molar-refractivity contribution in [2.75, 3.05) is 36.7 Å². The van der Waals surface area contributed by atoms with Crippen molar-refractivity contribution in [2.45, 2.75) is 30.8 Å². The molecule has 4 heterocycles. The molecule has 2 aliphatic rings. The standard InChI is InChI=1S/C20H24ClN6O8P/c1-26(7-6-21)11-4-2-10(3-5-11)19-34-14-12(8-32-36(29,30)31)33-18(15(14)35-19)27-9-23-13-16(27)24-20(22)25-17(13)28/h2-5,9,12,14-15,18-19H,6-8H2,1H3,(H2,29,30,31)(H3,22,24,25,28)/t12-,14-,15-,18-,19?/m1/s1. The summed E-state index contributed by atoms with van der Waals surface area (Å²) < 4.78 is 35.8. The van der Waals surface area contributed by atoms with E-state index in [4.69, 9.17) is 36.1 Å². The lowest BCUT2D eigenvalue weighted by Gasteiger charge is -2.22. The molecule has 2 aliphatic heterocycles. The number of hydrogen-bond donors (Lipinski definition) is 4. The largest absolute Gasteiger partial charge is 0.469 e. The van der Waals surface area contributed by atoms with Gasteiger partial charge in [0.25, 0.3) is 5.56 Å². The third kappa shape index (κ3) is 4.86. The highest BCUT2D eigenvalue weighted by atomic mass is 35.5. The summed E-state index contributed by atoms with van der Waals surface area (Å²) in [7, 11) is -2.83. The van der Waals surface area contributed by atoms with Crippen LogP contribution in [-0.4, -0.2) is 73.7 Å².